The van der Waals surface area contributed by atoms with Gasteiger partial charge in [0.2, 0.25) is 11.7 Å². The molecule has 0 radical (unpaired) electrons. The number of aromatic nitrogens is 1. The van der Waals surface area contributed by atoms with E-state index in [2.05, 4.69) is 9.88 Å². The number of piperidine rings is 1. The molecule has 10 heteroatoms. The standard InChI is InChI=1S/C24H28ClF2N3O4/c1-14-13-29(18-11-21(33-2)28-12-16(18)25)9-7-19(14)34-20-6-5-17(23(26)24(20)27)30-8-3-4-15(30)10-22(31)32/h5-6,11-12,14-15,19H,3-4,7-10,13H2,1-2H3,(H,31,32). The van der Waals surface area contributed by atoms with E-state index < -0.39 is 17.6 Å². The van der Waals surface area contributed by atoms with Gasteiger partial charge >= 0.3 is 5.97 Å². The summed E-state index contributed by atoms with van der Waals surface area (Å²) in [6.45, 7) is 3.72. The number of carboxylic acid groups (broad SMARTS) is 1. The predicted octanol–water partition coefficient (Wildman–Crippen LogP) is 4.76. The second-order valence-electron chi connectivity index (χ2n) is 8.84. The van der Waals surface area contributed by atoms with E-state index in [0.29, 0.717) is 43.4 Å². The number of rotatable bonds is 7. The van der Waals surface area contributed by atoms with E-state index in [-0.39, 0.29) is 35.9 Å². The molecule has 2 saturated heterocycles. The first kappa shape index (κ1) is 24.3. The maximum atomic E-state index is 15.0. The lowest BCUT2D eigenvalue weighted by molar-refractivity contribution is -0.137. The summed E-state index contributed by atoms with van der Waals surface area (Å²) in [6, 6.07) is 4.35. The minimum atomic E-state index is -1.05. The van der Waals surface area contributed by atoms with Crippen LogP contribution < -0.4 is 19.3 Å². The van der Waals surface area contributed by atoms with Gasteiger partial charge in [-0.25, -0.2) is 9.37 Å². The normalized spacial score (nSPS) is 22.7. The van der Waals surface area contributed by atoms with Crippen LogP contribution in [0, 0.1) is 17.6 Å². The van der Waals surface area contributed by atoms with Crippen LogP contribution in [0.15, 0.2) is 24.4 Å². The smallest absolute Gasteiger partial charge is 0.305 e. The highest BCUT2D eigenvalue weighted by atomic mass is 35.5. The third-order valence-electron chi connectivity index (χ3n) is 6.59. The van der Waals surface area contributed by atoms with E-state index in [1.54, 1.807) is 17.2 Å². The van der Waals surface area contributed by atoms with Gasteiger partial charge in [0.1, 0.15) is 6.10 Å². The Morgan fingerprint density at radius 2 is 2.03 bits per heavy atom. The van der Waals surface area contributed by atoms with Crippen molar-refractivity contribution in [2.75, 3.05) is 36.5 Å². The summed E-state index contributed by atoms with van der Waals surface area (Å²) in [5, 5.41) is 9.63. The summed E-state index contributed by atoms with van der Waals surface area (Å²) in [5.74, 6) is -2.66. The van der Waals surface area contributed by atoms with Gasteiger partial charge in [-0.2, -0.15) is 4.39 Å². The lowest BCUT2D eigenvalue weighted by atomic mass is 9.96. The Bertz CT molecular complexity index is 1060. The van der Waals surface area contributed by atoms with Crippen molar-refractivity contribution in [1.29, 1.82) is 0 Å². The van der Waals surface area contributed by atoms with Crippen molar-refractivity contribution >= 4 is 28.9 Å². The number of nitrogens with zero attached hydrogens (tertiary/aromatic N) is 3. The molecule has 1 aromatic carbocycles. The number of carboxylic acids is 1. The summed E-state index contributed by atoms with van der Waals surface area (Å²) in [7, 11) is 1.54. The number of pyridine rings is 1. The number of hydrogen-bond acceptors (Lipinski definition) is 6. The molecule has 2 aliphatic rings. The van der Waals surface area contributed by atoms with Gasteiger partial charge < -0.3 is 24.4 Å². The topological polar surface area (TPSA) is 75.1 Å². The second-order valence-corrected chi connectivity index (χ2v) is 9.25. The van der Waals surface area contributed by atoms with Crippen molar-refractivity contribution in [3.63, 3.8) is 0 Å². The van der Waals surface area contributed by atoms with Crippen molar-refractivity contribution in [3.8, 4) is 11.6 Å². The van der Waals surface area contributed by atoms with Gasteiger partial charge in [0, 0.05) is 44.1 Å². The molecule has 1 aromatic heterocycles. The number of ether oxygens (including phenoxy) is 2. The van der Waals surface area contributed by atoms with Crippen LogP contribution in [0.4, 0.5) is 20.2 Å². The van der Waals surface area contributed by atoms with Crippen LogP contribution in [-0.4, -0.2) is 54.9 Å². The lowest BCUT2D eigenvalue weighted by Gasteiger charge is -2.38. The van der Waals surface area contributed by atoms with E-state index in [1.807, 2.05) is 6.92 Å². The molecule has 3 heterocycles. The van der Waals surface area contributed by atoms with Gasteiger partial charge in [0.25, 0.3) is 0 Å². The van der Waals surface area contributed by atoms with Crippen molar-refractivity contribution < 1.29 is 28.2 Å². The van der Waals surface area contributed by atoms with E-state index >= 15 is 0 Å². The third kappa shape index (κ3) is 4.99. The molecule has 2 aromatic rings. The molecule has 0 amide bonds. The largest absolute Gasteiger partial charge is 0.487 e. The molecule has 7 nitrogen and oxygen atoms in total. The minimum Gasteiger partial charge on any atom is -0.487 e. The van der Waals surface area contributed by atoms with Gasteiger partial charge in [0.15, 0.2) is 11.6 Å². The highest BCUT2D eigenvalue weighted by molar-refractivity contribution is 6.33. The predicted molar refractivity (Wildman–Crippen MR) is 125 cm³/mol. The highest BCUT2D eigenvalue weighted by Gasteiger charge is 2.33. The van der Waals surface area contributed by atoms with Crippen molar-refractivity contribution in [2.45, 2.75) is 44.8 Å². The Morgan fingerprint density at radius 1 is 1.24 bits per heavy atom. The van der Waals surface area contributed by atoms with Gasteiger partial charge in [-0.05, 0) is 25.0 Å². The Labute approximate surface area is 202 Å². The second kappa shape index (κ2) is 10.2. The molecule has 4 rings (SSSR count). The number of anilines is 2. The van der Waals surface area contributed by atoms with Crippen LogP contribution in [0.1, 0.15) is 32.6 Å². The van der Waals surface area contributed by atoms with Crippen LogP contribution in [0.3, 0.4) is 0 Å². The summed E-state index contributed by atoms with van der Waals surface area (Å²) in [6.07, 6.45) is 3.10. The Kier molecular flexibility index (Phi) is 7.30. The number of aliphatic carboxylic acids is 1. The molecular weight excluding hydrogens is 468 g/mol. The fourth-order valence-corrected chi connectivity index (χ4v) is 5.07. The van der Waals surface area contributed by atoms with Crippen LogP contribution in [-0.2, 0) is 4.79 Å². The summed E-state index contributed by atoms with van der Waals surface area (Å²) in [4.78, 5) is 19.0. The van der Waals surface area contributed by atoms with Crippen LogP contribution in [0.5, 0.6) is 11.6 Å². The summed E-state index contributed by atoms with van der Waals surface area (Å²) >= 11 is 6.33. The maximum Gasteiger partial charge on any atom is 0.305 e. The molecule has 34 heavy (non-hydrogen) atoms. The zero-order chi connectivity index (χ0) is 24.4. The van der Waals surface area contributed by atoms with Crippen LogP contribution in [0.25, 0.3) is 0 Å². The van der Waals surface area contributed by atoms with Crippen molar-refractivity contribution in [3.05, 3.63) is 41.1 Å². The zero-order valence-electron chi connectivity index (χ0n) is 19.1. The lowest BCUT2D eigenvalue weighted by Crippen LogP contribution is -2.44. The maximum absolute atomic E-state index is 15.0. The van der Waals surface area contributed by atoms with Crippen molar-refractivity contribution in [1.82, 2.24) is 4.98 Å². The highest BCUT2D eigenvalue weighted by Crippen LogP contribution is 2.36. The number of methoxy groups -OCH3 is 1. The molecule has 0 bridgehead atoms. The molecule has 3 atom stereocenters. The van der Waals surface area contributed by atoms with Gasteiger partial charge in [0.05, 0.1) is 36.1 Å². The summed E-state index contributed by atoms with van der Waals surface area (Å²) in [5.41, 5.74) is 0.889. The average Bonchev–Trinajstić information content (AvgIpc) is 3.25. The van der Waals surface area contributed by atoms with Crippen LogP contribution >= 0.6 is 11.6 Å². The zero-order valence-corrected chi connectivity index (χ0v) is 19.9. The van der Waals surface area contributed by atoms with Gasteiger partial charge in [-0.3, -0.25) is 4.79 Å². The van der Waals surface area contributed by atoms with Gasteiger partial charge in [-0.1, -0.05) is 18.5 Å². The molecule has 0 saturated carbocycles. The first-order chi connectivity index (χ1) is 16.3. The molecule has 0 aliphatic carbocycles. The first-order valence-corrected chi connectivity index (χ1v) is 11.7. The average molecular weight is 496 g/mol. The fraction of sp³-hybridized carbons (Fsp3) is 0.500. The van der Waals surface area contributed by atoms with Gasteiger partial charge in [-0.15, -0.1) is 0 Å². The van der Waals surface area contributed by atoms with E-state index in [9.17, 15) is 13.6 Å². The molecule has 184 valence electrons. The minimum absolute atomic E-state index is 0.0182. The molecule has 2 aliphatic heterocycles. The quantitative estimate of drug-likeness (QED) is 0.593. The van der Waals surface area contributed by atoms with Crippen LogP contribution in [0.2, 0.25) is 5.02 Å². The molecule has 2 fully saturated rings. The third-order valence-corrected chi connectivity index (χ3v) is 6.88. The molecule has 1 N–H and O–H groups in total. The van der Waals surface area contributed by atoms with E-state index in [4.69, 9.17) is 26.2 Å². The monoisotopic (exact) mass is 495 g/mol. The number of benzene rings is 1. The first-order valence-electron chi connectivity index (χ1n) is 11.4. The molecule has 3 unspecified atom stereocenters. The number of carbonyl (C=O) groups is 1. The molecular formula is C24H28ClF2N3O4. The molecule has 0 spiro atoms. The fourth-order valence-electron chi connectivity index (χ4n) is 4.85. The summed E-state index contributed by atoms with van der Waals surface area (Å²) < 4.78 is 41.1. The Morgan fingerprint density at radius 3 is 2.74 bits per heavy atom. The van der Waals surface area contributed by atoms with Crippen molar-refractivity contribution in [2.24, 2.45) is 5.92 Å². The Hall–Kier alpha value is -2.81. The SMILES string of the molecule is COc1cc(N2CCC(Oc3ccc(N4CCCC4CC(=O)O)c(F)c3F)C(C)C2)c(Cl)cn1. The van der Waals surface area contributed by atoms with E-state index in [1.165, 1.54) is 19.2 Å². The number of halogens is 3. The van der Waals surface area contributed by atoms with E-state index in [0.717, 1.165) is 12.1 Å². The number of hydrogen-bond donors (Lipinski definition) is 1. The Balaban J connectivity index is 1.45.